The van der Waals surface area contributed by atoms with Crippen LogP contribution in [0, 0.1) is 0 Å². The zero-order chi connectivity index (χ0) is 20.5. The quantitative estimate of drug-likeness (QED) is 0.700. The molecule has 1 aliphatic heterocycles. The molecule has 1 aliphatic rings. The molecule has 3 rings (SSSR count). The Bertz CT molecular complexity index is 943. The highest BCUT2D eigenvalue weighted by Gasteiger charge is 2.56. The summed E-state index contributed by atoms with van der Waals surface area (Å²) in [5.41, 5.74) is -1.78. The SMILES string of the molecule is COC(=O)C[C@]1(C(=O)OC)Oc2ccccc2C(=O)N1c1cc(Cl)cc(Cl)c1. The van der Waals surface area contributed by atoms with Crippen LogP contribution in [0.4, 0.5) is 5.69 Å². The Balaban J connectivity index is 2.29. The van der Waals surface area contributed by atoms with Crippen molar-refractivity contribution in [3.8, 4) is 5.75 Å². The minimum atomic E-state index is -2.14. The number of benzene rings is 2. The van der Waals surface area contributed by atoms with Crippen LogP contribution in [0.2, 0.25) is 10.0 Å². The molecule has 9 heteroatoms. The summed E-state index contributed by atoms with van der Waals surface area (Å²) in [5, 5.41) is 0.456. The van der Waals surface area contributed by atoms with Crippen molar-refractivity contribution in [1.29, 1.82) is 0 Å². The number of ether oxygens (including phenoxy) is 3. The molecule has 0 bridgehead atoms. The molecule has 7 nitrogen and oxygen atoms in total. The first-order chi connectivity index (χ1) is 13.3. The van der Waals surface area contributed by atoms with E-state index in [0.717, 1.165) is 19.1 Å². The first-order valence-corrected chi connectivity index (χ1v) is 8.82. The number of anilines is 1. The van der Waals surface area contributed by atoms with Gasteiger partial charge >= 0.3 is 11.9 Å². The van der Waals surface area contributed by atoms with Crippen molar-refractivity contribution in [2.24, 2.45) is 0 Å². The Morgan fingerprint density at radius 1 is 1.07 bits per heavy atom. The molecule has 0 N–H and O–H groups in total. The number of halogens is 2. The Labute approximate surface area is 170 Å². The Hall–Kier alpha value is -2.77. The Morgan fingerprint density at radius 3 is 2.32 bits per heavy atom. The van der Waals surface area contributed by atoms with Crippen LogP contribution < -0.4 is 9.64 Å². The van der Waals surface area contributed by atoms with E-state index in [2.05, 4.69) is 0 Å². The van der Waals surface area contributed by atoms with Crippen LogP contribution in [0.1, 0.15) is 16.8 Å². The number of hydrogen-bond acceptors (Lipinski definition) is 6. The minimum absolute atomic E-state index is 0.131. The zero-order valence-electron chi connectivity index (χ0n) is 14.9. The van der Waals surface area contributed by atoms with Crippen LogP contribution in [0.3, 0.4) is 0 Å². The number of rotatable bonds is 4. The molecule has 0 radical (unpaired) electrons. The smallest absolute Gasteiger partial charge is 0.373 e. The highest BCUT2D eigenvalue weighted by atomic mass is 35.5. The van der Waals surface area contributed by atoms with Gasteiger partial charge in [-0.15, -0.1) is 0 Å². The molecule has 0 aromatic heterocycles. The summed E-state index contributed by atoms with van der Waals surface area (Å²) in [5.74, 6) is -2.20. The van der Waals surface area contributed by atoms with Gasteiger partial charge < -0.3 is 14.2 Å². The fourth-order valence-electron chi connectivity index (χ4n) is 2.99. The first kappa shape index (κ1) is 20.0. The van der Waals surface area contributed by atoms with Gasteiger partial charge in [0.25, 0.3) is 11.6 Å². The normalized spacial score (nSPS) is 18.1. The summed E-state index contributed by atoms with van der Waals surface area (Å²) in [6.07, 6.45) is -0.611. The van der Waals surface area contributed by atoms with Crippen molar-refractivity contribution in [3.05, 3.63) is 58.1 Å². The molecular formula is C19H15Cl2NO6. The van der Waals surface area contributed by atoms with Crippen molar-refractivity contribution in [2.45, 2.75) is 12.1 Å². The van der Waals surface area contributed by atoms with Crippen LogP contribution in [0.25, 0.3) is 0 Å². The van der Waals surface area contributed by atoms with Gasteiger partial charge in [-0.25, -0.2) is 4.79 Å². The largest absolute Gasteiger partial charge is 0.469 e. The summed E-state index contributed by atoms with van der Waals surface area (Å²) in [6, 6.07) is 10.7. The number of hydrogen-bond donors (Lipinski definition) is 0. The van der Waals surface area contributed by atoms with E-state index in [1.165, 1.54) is 30.3 Å². The molecule has 2 aromatic carbocycles. The van der Waals surface area contributed by atoms with Gasteiger partial charge in [-0.2, -0.15) is 0 Å². The van der Waals surface area contributed by atoms with E-state index in [4.69, 9.17) is 37.4 Å². The lowest BCUT2D eigenvalue weighted by Crippen LogP contribution is -2.65. The number of carbonyl (C=O) groups excluding carboxylic acids is 3. The second kappa shape index (κ2) is 7.69. The molecule has 0 unspecified atom stereocenters. The van der Waals surface area contributed by atoms with Crippen LogP contribution in [-0.4, -0.2) is 37.8 Å². The van der Waals surface area contributed by atoms with Gasteiger partial charge in [0.15, 0.2) is 0 Å². The van der Waals surface area contributed by atoms with Gasteiger partial charge in [0, 0.05) is 10.0 Å². The average molecular weight is 424 g/mol. The van der Waals surface area contributed by atoms with Crippen molar-refractivity contribution in [3.63, 3.8) is 0 Å². The highest BCUT2D eigenvalue weighted by Crippen LogP contribution is 2.41. The molecule has 2 aromatic rings. The lowest BCUT2D eigenvalue weighted by molar-refractivity contribution is -0.166. The third-order valence-electron chi connectivity index (χ3n) is 4.18. The lowest BCUT2D eigenvalue weighted by Gasteiger charge is -2.44. The van der Waals surface area contributed by atoms with Gasteiger partial charge in [0.05, 0.1) is 25.5 Å². The molecule has 1 atom stereocenters. The third kappa shape index (κ3) is 3.39. The van der Waals surface area contributed by atoms with Gasteiger partial charge in [-0.05, 0) is 30.3 Å². The van der Waals surface area contributed by atoms with Crippen LogP contribution in [-0.2, 0) is 19.1 Å². The average Bonchev–Trinajstić information content (AvgIpc) is 2.66. The zero-order valence-corrected chi connectivity index (χ0v) is 16.4. The molecule has 28 heavy (non-hydrogen) atoms. The minimum Gasteiger partial charge on any atom is -0.469 e. The number of esters is 2. The van der Waals surface area contributed by atoms with Gasteiger partial charge in [-0.3, -0.25) is 14.5 Å². The lowest BCUT2D eigenvalue weighted by atomic mass is 9.99. The second-order valence-electron chi connectivity index (χ2n) is 5.90. The molecular weight excluding hydrogens is 409 g/mol. The maximum Gasteiger partial charge on any atom is 0.373 e. The van der Waals surface area contributed by atoms with Crippen molar-refractivity contribution < 1.29 is 28.6 Å². The number of para-hydroxylation sites is 1. The van der Waals surface area contributed by atoms with E-state index in [1.54, 1.807) is 12.1 Å². The first-order valence-electron chi connectivity index (χ1n) is 8.06. The van der Waals surface area contributed by atoms with E-state index in [0.29, 0.717) is 0 Å². The van der Waals surface area contributed by atoms with E-state index < -0.39 is 30.0 Å². The molecule has 0 saturated carbocycles. The third-order valence-corrected chi connectivity index (χ3v) is 4.62. The number of fused-ring (bicyclic) bond motifs is 1. The molecule has 0 fully saturated rings. The summed E-state index contributed by atoms with van der Waals surface area (Å²) in [6.45, 7) is 0. The van der Waals surface area contributed by atoms with Gasteiger partial charge in [-0.1, -0.05) is 35.3 Å². The second-order valence-corrected chi connectivity index (χ2v) is 6.77. The van der Waals surface area contributed by atoms with E-state index in [1.807, 2.05) is 0 Å². The number of amides is 1. The van der Waals surface area contributed by atoms with Crippen LogP contribution >= 0.6 is 23.2 Å². The predicted octanol–water partition coefficient (Wildman–Crippen LogP) is 3.47. The van der Waals surface area contributed by atoms with Crippen molar-refractivity contribution >= 4 is 46.7 Å². The Morgan fingerprint density at radius 2 is 1.71 bits per heavy atom. The Kier molecular flexibility index (Phi) is 5.49. The standard InChI is InChI=1S/C19H15Cl2NO6/c1-26-16(23)10-19(18(25)27-2)22(13-8-11(20)7-12(21)9-13)17(24)14-5-3-4-6-15(14)28-19/h3-9H,10H2,1-2H3/t19-/m1/s1. The van der Waals surface area contributed by atoms with Gasteiger partial charge in [0.2, 0.25) is 0 Å². The molecule has 1 amide bonds. The summed E-state index contributed by atoms with van der Waals surface area (Å²) in [7, 11) is 2.28. The van der Waals surface area contributed by atoms with Crippen molar-refractivity contribution in [1.82, 2.24) is 0 Å². The summed E-state index contributed by atoms with van der Waals surface area (Å²) < 4.78 is 15.5. The molecule has 146 valence electrons. The molecule has 0 spiro atoms. The molecule has 0 saturated heterocycles. The van der Waals surface area contributed by atoms with E-state index in [-0.39, 0.29) is 27.0 Å². The molecule has 1 heterocycles. The number of nitrogens with zero attached hydrogens (tertiary/aromatic N) is 1. The number of methoxy groups -OCH3 is 2. The fraction of sp³-hybridized carbons (Fsp3) is 0.211. The topological polar surface area (TPSA) is 82.1 Å². The van der Waals surface area contributed by atoms with Crippen LogP contribution in [0.15, 0.2) is 42.5 Å². The summed E-state index contributed by atoms with van der Waals surface area (Å²) in [4.78, 5) is 39.3. The van der Waals surface area contributed by atoms with E-state index >= 15 is 0 Å². The van der Waals surface area contributed by atoms with Crippen molar-refractivity contribution in [2.75, 3.05) is 19.1 Å². The van der Waals surface area contributed by atoms with Crippen LogP contribution in [0.5, 0.6) is 5.75 Å². The monoisotopic (exact) mass is 423 g/mol. The van der Waals surface area contributed by atoms with Gasteiger partial charge in [0.1, 0.15) is 12.2 Å². The maximum atomic E-state index is 13.3. The highest BCUT2D eigenvalue weighted by molar-refractivity contribution is 6.35. The molecule has 0 aliphatic carbocycles. The maximum absolute atomic E-state index is 13.3. The predicted molar refractivity (Wildman–Crippen MR) is 102 cm³/mol. The van der Waals surface area contributed by atoms with E-state index in [9.17, 15) is 14.4 Å². The number of carbonyl (C=O) groups is 3. The fourth-order valence-corrected chi connectivity index (χ4v) is 3.50. The summed E-state index contributed by atoms with van der Waals surface area (Å²) >= 11 is 12.2.